The highest BCUT2D eigenvalue weighted by Gasteiger charge is 1.96. The van der Waals surface area contributed by atoms with E-state index in [1.54, 1.807) is 12.3 Å². The van der Waals surface area contributed by atoms with Gasteiger partial charge in [0.25, 0.3) is 0 Å². The molecule has 2 aromatic rings. The van der Waals surface area contributed by atoms with Crippen molar-refractivity contribution in [1.82, 2.24) is 9.97 Å². The van der Waals surface area contributed by atoms with Gasteiger partial charge >= 0.3 is 0 Å². The van der Waals surface area contributed by atoms with Crippen LogP contribution in [0, 0.1) is 13.8 Å². The van der Waals surface area contributed by atoms with Crippen molar-refractivity contribution in [2.75, 3.05) is 24.7 Å². The van der Waals surface area contributed by atoms with E-state index >= 15 is 0 Å². The Morgan fingerprint density at radius 2 is 1.67 bits per heavy atom. The monoisotopic (exact) mass is 244 g/mol. The van der Waals surface area contributed by atoms with Gasteiger partial charge in [-0.1, -0.05) is 6.07 Å². The molecule has 0 aliphatic heterocycles. The fourth-order valence-corrected chi connectivity index (χ4v) is 1.45. The summed E-state index contributed by atoms with van der Waals surface area (Å²) in [5.74, 6) is 0.572. The van der Waals surface area contributed by atoms with Crippen molar-refractivity contribution >= 4 is 11.5 Å². The molecular weight excluding hydrogens is 224 g/mol. The fraction of sp³-hybridized carbons (Fsp3) is 0.286. The smallest absolute Gasteiger partial charge is 0.123 e. The van der Waals surface area contributed by atoms with E-state index in [-0.39, 0.29) is 0 Å². The molecule has 0 aliphatic carbocycles. The molecule has 18 heavy (non-hydrogen) atoms. The van der Waals surface area contributed by atoms with E-state index in [4.69, 9.17) is 5.73 Å². The summed E-state index contributed by atoms with van der Waals surface area (Å²) in [6.45, 7) is 4.03. The van der Waals surface area contributed by atoms with Gasteiger partial charge in [0.1, 0.15) is 5.82 Å². The van der Waals surface area contributed by atoms with E-state index in [9.17, 15) is 0 Å². The predicted molar refractivity (Wildman–Crippen MR) is 76.7 cm³/mol. The summed E-state index contributed by atoms with van der Waals surface area (Å²) < 4.78 is 0. The molecule has 0 radical (unpaired) electrons. The topological polar surface area (TPSA) is 55.0 Å². The molecule has 96 valence electrons. The Hall–Kier alpha value is -2.10. The normalized spacial score (nSPS) is 9.33. The van der Waals surface area contributed by atoms with Gasteiger partial charge in [0.05, 0.1) is 0 Å². The third-order valence-electron chi connectivity index (χ3n) is 2.27. The summed E-state index contributed by atoms with van der Waals surface area (Å²) in [6.07, 6.45) is 1.66. The van der Waals surface area contributed by atoms with E-state index in [1.807, 2.05) is 40.1 Å². The van der Waals surface area contributed by atoms with Crippen LogP contribution < -0.4 is 10.6 Å². The highest BCUT2D eigenvalue weighted by Crippen LogP contribution is 2.12. The second kappa shape index (κ2) is 6.59. The molecule has 0 amide bonds. The van der Waals surface area contributed by atoms with E-state index in [1.165, 1.54) is 5.69 Å². The number of nitrogens with zero attached hydrogens (tertiary/aromatic N) is 3. The average Bonchev–Trinajstić information content (AvgIpc) is 2.29. The molecule has 4 nitrogen and oxygen atoms in total. The molecule has 0 atom stereocenters. The number of nitrogens with two attached hydrogens (primary N) is 1. The Kier molecular flexibility index (Phi) is 5.11. The second-order valence-corrected chi connectivity index (χ2v) is 4.26. The largest absolute Gasteiger partial charge is 0.384 e. The summed E-state index contributed by atoms with van der Waals surface area (Å²) in [4.78, 5) is 10.1. The lowest BCUT2D eigenvalue weighted by molar-refractivity contribution is 1.07. The summed E-state index contributed by atoms with van der Waals surface area (Å²) in [5.41, 5.74) is 8.62. The molecule has 2 rings (SSSR count). The number of aryl methyl sites for hydroxylation is 2. The average molecular weight is 244 g/mol. The van der Waals surface area contributed by atoms with Crippen molar-refractivity contribution in [1.29, 1.82) is 0 Å². The van der Waals surface area contributed by atoms with Crippen LogP contribution in [0.4, 0.5) is 11.5 Å². The summed E-state index contributed by atoms with van der Waals surface area (Å²) in [5, 5.41) is 0. The zero-order valence-electron chi connectivity index (χ0n) is 11.4. The van der Waals surface area contributed by atoms with Gasteiger partial charge in [0.2, 0.25) is 0 Å². The SMILES string of the molecule is Cc1cc(N(C)C)cc(C)n1.Nc1ccccn1. The standard InChI is InChI=1S/C9H14N2.C5H6N2/c1-7-5-9(11(3)4)6-8(2)10-7;6-5-3-1-2-4-7-5/h5-6H,1-4H3;1-4H,(H2,6,7). The van der Waals surface area contributed by atoms with E-state index < -0.39 is 0 Å². The van der Waals surface area contributed by atoms with Crippen LogP contribution in [0.5, 0.6) is 0 Å². The Morgan fingerprint density at radius 3 is 2.00 bits per heavy atom. The lowest BCUT2D eigenvalue weighted by atomic mass is 10.3. The molecule has 0 aliphatic rings. The fourth-order valence-electron chi connectivity index (χ4n) is 1.45. The van der Waals surface area contributed by atoms with E-state index in [2.05, 4.69) is 27.0 Å². The molecule has 2 heterocycles. The first-order valence-corrected chi connectivity index (χ1v) is 5.78. The van der Waals surface area contributed by atoms with Crippen LogP contribution >= 0.6 is 0 Å². The Balaban J connectivity index is 0.000000199. The van der Waals surface area contributed by atoms with Gasteiger partial charge in [0, 0.05) is 37.4 Å². The molecule has 0 fully saturated rings. The minimum atomic E-state index is 0.572. The number of pyridine rings is 2. The first-order chi connectivity index (χ1) is 8.49. The molecule has 0 saturated carbocycles. The molecule has 2 aromatic heterocycles. The molecule has 2 N–H and O–H groups in total. The van der Waals surface area contributed by atoms with Gasteiger partial charge in [-0.05, 0) is 38.1 Å². The van der Waals surface area contributed by atoms with Gasteiger partial charge in [0.15, 0.2) is 0 Å². The van der Waals surface area contributed by atoms with Crippen LogP contribution in [0.3, 0.4) is 0 Å². The van der Waals surface area contributed by atoms with Gasteiger partial charge in [-0.2, -0.15) is 0 Å². The highest BCUT2D eigenvalue weighted by molar-refractivity contribution is 5.46. The maximum atomic E-state index is 5.25. The van der Waals surface area contributed by atoms with Crippen LogP contribution in [0.25, 0.3) is 0 Å². The second-order valence-electron chi connectivity index (χ2n) is 4.26. The Bertz CT molecular complexity index is 460. The number of rotatable bonds is 1. The van der Waals surface area contributed by atoms with Crippen LogP contribution in [-0.4, -0.2) is 24.1 Å². The number of hydrogen-bond acceptors (Lipinski definition) is 4. The van der Waals surface area contributed by atoms with Gasteiger partial charge in [-0.25, -0.2) is 4.98 Å². The molecule has 0 bridgehead atoms. The third-order valence-corrected chi connectivity index (χ3v) is 2.27. The van der Waals surface area contributed by atoms with E-state index in [0.717, 1.165) is 11.4 Å². The number of anilines is 2. The molecule has 4 heteroatoms. The lowest BCUT2D eigenvalue weighted by Gasteiger charge is -2.13. The first-order valence-electron chi connectivity index (χ1n) is 5.78. The zero-order valence-corrected chi connectivity index (χ0v) is 11.4. The Labute approximate surface area is 108 Å². The predicted octanol–water partition coefficient (Wildman–Crippen LogP) is 2.43. The van der Waals surface area contributed by atoms with Crippen molar-refractivity contribution in [3.63, 3.8) is 0 Å². The van der Waals surface area contributed by atoms with Crippen molar-refractivity contribution < 1.29 is 0 Å². The van der Waals surface area contributed by atoms with Crippen molar-refractivity contribution in [3.05, 3.63) is 47.9 Å². The number of aromatic nitrogens is 2. The Morgan fingerprint density at radius 1 is 1.06 bits per heavy atom. The molecule has 0 saturated heterocycles. The number of nitrogen functional groups attached to an aromatic ring is 1. The summed E-state index contributed by atoms with van der Waals surface area (Å²) in [6, 6.07) is 9.58. The minimum Gasteiger partial charge on any atom is -0.384 e. The summed E-state index contributed by atoms with van der Waals surface area (Å²) in [7, 11) is 4.07. The first kappa shape index (κ1) is 14.0. The van der Waals surface area contributed by atoms with Crippen molar-refractivity contribution in [3.8, 4) is 0 Å². The van der Waals surface area contributed by atoms with Gasteiger partial charge in [-0.15, -0.1) is 0 Å². The van der Waals surface area contributed by atoms with Crippen molar-refractivity contribution in [2.24, 2.45) is 0 Å². The quantitative estimate of drug-likeness (QED) is 0.837. The lowest BCUT2D eigenvalue weighted by Crippen LogP contribution is -2.09. The molecule has 0 spiro atoms. The maximum Gasteiger partial charge on any atom is 0.123 e. The van der Waals surface area contributed by atoms with Gasteiger partial charge < -0.3 is 10.6 Å². The van der Waals surface area contributed by atoms with Gasteiger partial charge in [-0.3, -0.25) is 4.98 Å². The summed E-state index contributed by atoms with van der Waals surface area (Å²) >= 11 is 0. The molecule has 0 unspecified atom stereocenters. The van der Waals surface area contributed by atoms with E-state index in [0.29, 0.717) is 5.82 Å². The van der Waals surface area contributed by atoms with Crippen LogP contribution in [0.1, 0.15) is 11.4 Å². The maximum absolute atomic E-state index is 5.25. The minimum absolute atomic E-state index is 0.572. The number of hydrogen-bond donors (Lipinski definition) is 1. The van der Waals surface area contributed by atoms with Crippen molar-refractivity contribution in [2.45, 2.75) is 13.8 Å². The highest BCUT2D eigenvalue weighted by atomic mass is 15.1. The van der Waals surface area contributed by atoms with Crippen LogP contribution in [0.15, 0.2) is 36.5 Å². The molecular formula is C14H20N4. The zero-order chi connectivity index (χ0) is 13.5. The molecule has 0 aromatic carbocycles. The van der Waals surface area contributed by atoms with Crippen LogP contribution in [0.2, 0.25) is 0 Å². The van der Waals surface area contributed by atoms with Crippen LogP contribution in [-0.2, 0) is 0 Å². The third kappa shape index (κ3) is 4.82.